The molecule has 0 radical (unpaired) electrons. The molecule has 1 rings (SSSR count). The van der Waals surface area contributed by atoms with Gasteiger partial charge in [-0.3, -0.25) is 4.79 Å². The molecule has 1 amide bonds. The molecular formula is C19H30N2O3. The number of esters is 1. The van der Waals surface area contributed by atoms with E-state index in [0.29, 0.717) is 6.42 Å². The Morgan fingerprint density at radius 3 is 2.42 bits per heavy atom. The standard InChI is InChI=1S/C19H30N2O3/c1-5-6-12-20-14-17(22)21-16(18(23)24-19(2,3)4)13-15-10-8-7-9-11-15/h7-11,16,20H,5-6,12-14H2,1-4H3,(H,21,22)/t16-/m0/s1. The highest BCUT2D eigenvalue weighted by Gasteiger charge is 2.26. The fourth-order valence-corrected chi connectivity index (χ4v) is 2.17. The molecule has 0 bridgehead atoms. The van der Waals surface area contributed by atoms with Gasteiger partial charge in [-0.2, -0.15) is 0 Å². The number of rotatable bonds is 9. The zero-order valence-electron chi connectivity index (χ0n) is 15.2. The molecule has 0 aromatic heterocycles. The van der Waals surface area contributed by atoms with Gasteiger partial charge in [-0.15, -0.1) is 0 Å². The summed E-state index contributed by atoms with van der Waals surface area (Å²) in [6.07, 6.45) is 2.51. The van der Waals surface area contributed by atoms with Gasteiger partial charge in [0.25, 0.3) is 0 Å². The van der Waals surface area contributed by atoms with Crippen molar-refractivity contribution in [2.75, 3.05) is 13.1 Å². The Balaban J connectivity index is 2.66. The van der Waals surface area contributed by atoms with Gasteiger partial charge >= 0.3 is 5.97 Å². The van der Waals surface area contributed by atoms with Crippen LogP contribution < -0.4 is 10.6 Å². The Kier molecular flexibility index (Phi) is 8.47. The van der Waals surface area contributed by atoms with Gasteiger partial charge < -0.3 is 15.4 Å². The molecule has 0 spiro atoms. The highest BCUT2D eigenvalue weighted by molar-refractivity contribution is 5.85. The number of hydrogen-bond donors (Lipinski definition) is 2. The van der Waals surface area contributed by atoms with Crippen LogP contribution >= 0.6 is 0 Å². The third-order valence-electron chi connectivity index (χ3n) is 3.30. The number of carbonyl (C=O) groups is 2. The van der Waals surface area contributed by atoms with Gasteiger partial charge in [0.15, 0.2) is 0 Å². The zero-order valence-corrected chi connectivity index (χ0v) is 15.2. The van der Waals surface area contributed by atoms with Gasteiger partial charge in [0.2, 0.25) is 5.91 Å². The van der Waals surface area contributed by atoms with Gasteiger partial charge in [0, 0.05) is 6.42 Å². The summed E-state index contributed by atoms with van der Waals surface area (Å²) in [4.78, 5) is 24.5. The topological polar surface area (TPSA) is 67.4 Å². The predicted octanol–water partition coefficient (Wildman–Crippen LogP) is 2.45. The van der Waals surface area contributed by atoms with E-state index in [-0.39, 0.29) is 12.5 Å². The molecule has 0 unspecified atom stereocenters. The molecule has 0 aliphatic rings. The third-order valence-corrected chi connectivity index (χ3v) is 3.30. The van der Waals surface area contributed by atoms with Crippen molar-refractivity contribution < 1.29 is 14.3 Å². The molecule has 0 aliphatic carbocycles. The minimum atomic E-state index is -0.688. The first-order valence-corrected chi connectivity index (χ1v) is 8.58. The van der Waals surface area contributed by atoms with Crippen molar-refractivity contribution in [3.63, 3.8) is 0 Å². The van der Waals surface area contributed by atoms with Gasteiger partial charge in [-0.1, -0.05) is 43.7 Å². The molecule has 0 saturated heterocycles. The summed E-state index contributed by atoms with van der Waals surface area (Å²) in [5.41, 5.74) is 0.392. The molecule has 0 fully saturated rings. The number of ether oxygens (including phenoxy) is 1. The fraction of sp³-hybridized carbons (Fsp3) is 0.579. The van der Waals surface area contributed by atoms with Crippen LogP contribution in [0, 0.1) is 0 Å². The minimum Gasteiger partial charge on any atom is -0.458 e. The van der Waals surface area contributed by atoms with Crippen LogP contribution in [-0.4, -0.2) is 36.6 Å². The zero-order chi connectivity index (χ0) is 18.0. The van der Waals surface area contributed by atoms with E-state index in [2.05, 4.69) is 17.6 Å². The van der Waals surface area contributed by atoms with Gasteiger partial charge in [-0.05, 0) is 39.3 Å². The Hall–Kier alpha value is -1.88. The SMILES string of the molecule is CCCCNCC(=O)N[C@@H](Cc1ccccc1)C(=O)OC(C)(C)C. The summed E-state index contributed by atoms with van der Waals surface area (Å²) in [5.74, 6) is -0.605. The Labute approximate surface area is 145 Å². The summed E-state index contributed by atoms with van der Waals surface area (Å²) in [5, 5.41) is 5.87. The summed E-state index contributed by atoms with van der Waals surface area (Å²) in [6, 6.07) is 8.92. The van der Waals surface area contributed by atoms with Crippen LogP contribution in [0.25, 0.3) is 0 Å². The van der Waals surface area contributed by atoms with Crippen molar-refractivity contribution in [1.29, 1.82) is 0 Å². The van der Waals surface area contributed by atoms with Crippen LogP contribution in [0.1, 0.15) is 46.1 Å². The number of carbonyl (C=O) groups excluding carboxylic acids is 2. The van der Waals surface area contributed by atoms with Crippen LogP contribution in [-0.2, 0) is 20.7 Å². The highest BCUT2D eigenvalue weighted by atomic mass is 16.6. The number of nitrogens with one attached hydrogen (secondary N) is 2. The summed E-state index contributed by atoms with van der Waals surface area (Å²) in [6.45, 7) is 8.55. The second-order valence-corrected chi connectivity index (χ2v) is 6.87. The average Bonchev–Trinajstić information content (AvgIpc) is 2.50. The maximum Gasteiger partial charge on any atom is 0.329 e. The smallest absolute Gasteiger partial charge is 0.329 e. The molecule has 0 aliphatic heterocycles. The minimum absolute atomic E-state index is 0.196. The maximum absolute atomic E-state index is 12.4. The second kappa shape index (κ2) is 10.1. The van der Waals surface area contributed by atoms with E-state index >= 15 is 0 Å². The number of amides is 1. The molecular weight excluding hydrogens is 304 g/mol. The largest absolute Gasteiger partial charge is 0.458 e. The molecule has 134 valence electrons. The predicted molar refractivity (Wildman–Crippen MR) is 95.7 cm³/mol. The monoisotopic (exact) mass is 334 g/mol. The first-order valence-electron chi connectivity index (χ1n) is 8.58. The molecule has 5 nitrogen and oxygen atoms in total. The van der Waals surface area contributed by atoms with E-state index in [1.807, 2.05) is 51.1 Å². The normalized spacial score (nSPS) is 12.5. The second-order valence-electron chi connectivity index (χ2n) is 6.87. The molecule has 1 atom stereocenters. The maximum atomic E-state index is 12.4. The van der Waals surface area contributed by atoms with E-state index in [9.17, 15) is 9.59 Å². The quantitative estimate of drug-likeness (QED) is 0.538. The highest BCUT2D eigenvalue weighted by Crippen LogP contribution is 2.11. The van der Waals surface area contributed by atoms with Crippen molar-refractivity contribution in [3.05, 3.63) is 35.9 Å². The van der Waals surface area contributed by atoms with Crippen molar-refractivity contribution in [2.45, 2.75) is 58.6 Å². The van der Waals surface area contributed by atoms with Crippen LogP contribution in [0.4, 0.5) is 0 Å². The Morgan fingerprint density at radius 1 is 1.17 bits per heavy atom. The summed E-state index contributed by atoms with van der Waals surface area (Å²) >= 11 is 0. The molecule has 5 heteroatoms. The van der Waals surface area contributed by atoms with E-state index in [1.54, 1.807) is 0 Å². The number of benzene rings is 1. The lowest BCUT2D eigenvalue weighted by Crippen LogP contribution is -2.48. The molecule has 0 heterocycles. The lowest BCUT2D eigenvalue weighted by Gasteiger charge is -2.24. The number of unbranched alkanes of at least 4 members (excludes halogenated alkanes) is 1. The first kappa shape index (κ1) is 20.2. The van der Waals surface area contributed by atoms with Gasteiger partial charge in [0.1, 0.15) is 11.6 Å². The van der Waals surface area contributed by atoms with Crippen LogP contribution in [0.5, 0.6) is 0 Å². The molecule has 1 aromatic carbocycles. The summed E-state index contributed by atoms with van der Waals surface area (Å²) < 4.78 is 5.44. The fourth-order valence-electron chi connectivity index (χ4n) is 2.17. The molecule has 2 N–H and O–H groups in total. The van der Waals surface area contributed by atoms with Crippen molar-refractivity contribution >= 4 is 11.9 Å². The first-order chi connectivity index (χ1) is 11.3. The molecule has 1 aromatic rings. The van der Waals surface area contributed by atoms with E-state index in [4.69, 9.17) is 4.74 Å². The average molecular weight is 334 g/mol. The van der Waals surface area contributed by atoms with Crippen LogP contribution in [0.3, 0.4) is 0 Å². The van der Waals surface area contributed by atoms with Crippen molar-refractivity contribution in [2.24, 2.45) is 0 Å². The van der Waals surface area contributed by atoms with E-state index in [0.717, 1.165) is 24.9 Å². The van der Waals surface area contributed by atoms with E-state index < -0.39 is 17.6 Å². The Bertz CT molecular complexity index is 509. The third kappa shape index (κ3) is 8.67. The Morgan fingerprint density at radius 2 is 1.83 bits per heavy atom. The number of hydrogen-bond acceptors (Lipinski definition) is 4. The van der Waals surface area contributed by atoms with Gasteiger partial charge in [0.05, 0.1) is 6.54 Å². The van der Waals surface area contributed by atoms with E-state index in [1.165, 1.54) is 0 Å². The van der Waals surface area contributed by atoms with Crippen molar-refractivity contribution in [1.82, 2.24) is 10.6 Å². The van der Waals surface area contributed by atoms with Crippen molar-refractivity contribution in [3.8, 4) is 0 Å². The van der Waals surface area contributed by atoms with Gasteiger partial charge in [-0.25, -0.2) is 4.79 Å². The molecule has 24 heavy (non-hydrogen) atoms. The molecule has 0 saturated carbocycles. The lowest BCUT2D eigenvalue weighted by molar-refractivity contribution is -0.158. The lowest BCUT2D eigenvalue weighted by atomic mass is 10.1. The van der Waals surface area contributed by atoms with Crippen LogP contribution in [0.2, 0.25) is 0 Å². The van der Waals surface area contributed by atoms with Crippen LogP contribution in [0.15, 0.2) is 30.3 Å². The summed E-state index contributed by atoms with van der Waals surface area (Å²) in [7, 11) is 0.